The fourth-order valence-corrected chi connectivity index (χ4v) is 3.08. The van der Waals surface area contributed by atoms with Crippen LogP contribution in [0, 0.1) is 11.3 Å². The Kier molecular flexibility index (Phi) is 8.09. The van der Waals surface area contributed by atoms with Crippen molar-refractivity contribution >= 4 is 52.9 Å². The van der Waals surface area contributed by atoms with E-state index in [0.29, 0.717) is 33.4 Å². The van der Waals surface area contributed by atoms with Crippen LogP contribution in [-0.4, -0.2) is 31.6 Å². The van der Waals surface area contributed by atoms with Crippen LogP contribution in [0.5, 0.6) is 5.75 Å². The molecule has 0 spiro atoms. The second-order valence-electron chi connectivity index (χ2n) is 7.54. The van der Waals surface area contributed by atoms with Crippen LogP contribution in [0.2, 0.25) is 10.0 Å². The summed E-state index contributed by atoms with van der Waals surface area (Å²) in [6, 6.07) is 12.3. The SMILES string of the molecule is CC(C)(C)OC=O.CN1C(=O)/C(=C/c2cc(Cl)ccc2OCC#N)c2ccc(Cl)cc21. The van der Waals surface area contributed by atoms with E-state index in [1.165, 1.54) is 0 Å². The third-order valence-electron chi connectivity index (χ3n) is 4.11. The van der Waals surface area contributed by atoms with Crippen LogP contribution in [0.25, 0.3) is 11.6 Å². The van der Waals surface area contributed by atoms with Gasteiger partial charge >= 0.3 is 0 Å². The van der Waals surface area contributed by atoms with Crippen molar-refractivity contribution in [1.82, 2.24) is 0 Å². The predicted octanol–water partition coefficient (Wildman–Crippen LogP) is 5.37. The molecule has 0 bridgehead atoms. The monoisotopic (exact) mass is 460 g/mol. The maximum Gasteiger partial charge on any atom is 0.293 e. The van der Waals surface area contributed by atoms with Crippen LogP contribution in [0.1, 0.15) is 31.9 Å². The number of hydrogen-bond donors (Lipinski definition) is 0. The summed E-state index contributed by atoms with van der Waals surface area (Å²) in [5.74, 6) is 0.352. The zero-order valence-corrected chi connectivity index (χ0v) is 19.1. The molecule has 8 heteroatoms. The van der Waals surface area contributed by atoms with Crippen LogP contribution in [0.3, 0.4) is 0 Å². The predicted molar refractivity (Wildman–Crippen MR) is 122 cm³/mol. The molecule has 1 aliphatic heterocycles. The number of anilines is 1. The highest BCUT2D eigenvalue weighted by Gasteiger charge is 2.30. The number of carbonyl (C=O) groups is 2. The van der Waals surface area contributed by atoms with E-state index in [9.17, 15) is 9.59 Å². The van der Waals surface area contributed by atoms with E-state index in [1.807, 2.05) is 32.9 Å². The third-order valence-corrected chi connectivity index (χ3v) is 4.58. The molecule has 2 aromatic carbocycles. The van der Waals surface area contributed by atoms with Crippen LogP contribution >= 0.6 is 23.2 Å². The fourth-order valence-electron chi connectivity index (χ4n) is 2.73. The largest absolute Gasteiger partial charge is 0.478 e. The van der Waals surface area contributed by atoms with Gasteiger partial charge in [-0.1, -0.05) is 29.3 Å². The maximum atomic E-state index is 12.6. The first-order chi connectivity index (χ1) is 14.6. The van der Waals surface area contributed by atoms with Crippen molar-refractivity contribution in [3.05, 3.63) is 57.6 Å². The Morgan fingerprint density at radius 1 is 1.13 bits per heavy atom. The van der Waals surface area contributed by atoms with Crippen LogP contribution in [-0.2, 0) is 14.3 Å². The zero-order valence-electron chi connectivity index (χ0n) is 17.6. The van der Waals surface area contributed by atoms with Gasteiger partial charge in [-0.15, -0.1) is 0 Å². The van der Waals surface area contributed by atoms with Crippen molar-refractivity contribution < 1.29 is 19.1 Å². The lowest BCUT2D eigenvalue weighted by atomic mass is 10.0. The summed E-state index contributed by atoms with van der Waals surface area (Å²) in [4.78, 5) is 23.7. The van der Waals surface area contributed by atoms with Gasteiger partial charge in [0.05, 0.1) is 5.69 Å². The minimum atomic E-state index is -0.318. The minimum Gasteiger partial charge on any atom is -0.478 e. The van der Waals surface area contributed by atoms with E-state index in [4.69, 9.17) is 33.2 Å². The number of ether oxygens (including phenoxy) is 2. The first-order valence-corrected chi connectivity index (χ1v) is 10.0. The molecule has 0 N–H and O–H groups in total. The van der Waals surface area contributed by atoms with Gasteiger partial charge in [-0.25, -0.2) is 0 Å². The lowest BCUT2D eigenvalue weighted by molar-refractivity contribution is -0.138. The Hall–Kier alpha value is -3.01. The summed E-state index contributed by atoms with van der Waals surface area (Å²) < 4.78 is 9.96. The molecular formula is C23H22Cl2N2O4. The van der Waals surface area contributed by atoms with Gasteiger partial charge in [-0.2, -0.15) is 5.26 Å². The van der Waals surface area contributed by atoms with Gasteiger partial charge in [-0.05, 0) is 57.2 Å². The Labute approximate surface area is 191 Å². The number of amides is 1. The second kappa shape index (κ2) is 10.3. The van der Waals surface area contributed by atoms with Crippen LogP contribution in [0.4, 0.5) is 5.69 Å². The van der Waals surface area contributed by atoms with E-state index < -0.39 is 0 Å². The van der Waals surface area contributed by atoms with Crippen molar-refractivity contribution in [3.8, 4) is 11.8 Å². The molecule has 0 fully saturated rings. The zero-order chi connectivity index (χ0) is 23.2. The van der Waals surface area contributed by atoms with E-state index >= 15 is 0 Å². The number of carbonyl (C=O) groups excluding carboxylic acids is 2. The second-order valence-corrected chi connectivity index (χ2v) is 8.41. The normalized spacial score (nSPS) is 13.8. The molecular weight excluding hydrogens is 439 g/mol. The summed E-state index contributed by atoms with van der Waals surface area (Å²) in [6.07, 6.45) is 1.72. The van der Waals surface area contributed by atoms with Gasteiger partial charge in [-0.3, -0.25) is 9.59 Å². The highest BCUT2D eigenvalue weighted by atomic mass is 35.5. The van der Waals surface area contributed by atoms with Gasteiger partial charge in [0.2, 0.25) is 0 Å². The lowest BCUT2D eigenvalue weighted by Crippen LogP contribution is -2.20. The summed E-state index contributed by atoms with van der Waals surface area (Å²) >= 11 is 12.1. The van der Waals surface area contributed by atoms with E-state index in [0.717, 1.165) is 11.3 Å². The van der Waals surface area contributed by atoms with Gasteiger partial charge < -0.3 is 14.4 Å². The molecule has 162 valence electrons. The summed E-state index contributed by atoms with van der Waals surface area (Å²) in [6.45, 7) is 5.84. The number of nitriles is 1. The molecule has 0 aliphatic carbocycles. The summed E-state index contributed by atoms with van der Waals surface area (Å²) in [5, 5.41) is 9.78. The van der Waals surface area contributed by atoms with Crippen molar-refractivity contribution in [3.63, 3.8) is 0 Å². The van der Waals surface area contributed by atoms with Gasteiger partial charge in [0.1, 0.15) is 17.4 Å². The molecule has 0 radical (unpaired) electrons. The quantitative estimate of drug-likeness (QED) is 0.452. The Morgan fingerprint density at radius 3 is 2.35 bits per heavy atom. The van der Waals surface area contributed by atoms with Crippen molar-refractivity contribution in [2.45, 2.75) is 26.4 Å². The number of benzene rings is 2. The van der Waals surface area contributed by atoms with Crippen LogP contribution in [0.15, 0.2) is 36.4 Å². The number of fused-ring (bicyclic) bond motifs is 1. The van der Waals surface area contributed by atoms with Gasteiger partial charge in [0.15, 0.2) is 6.61 Å². The molecule has 1 aliphatic rings. The standard InChI is InChI=1S/C18H12Cl2N2O2.C5H10O2/c1-22-16-10-13(20)2-4-14(16)15(18(22)23)9-11-8-12(19)3-5-17(11)24-7-6-21;1-5(2,3)7-4-6/h2-5,8-10H,7H2,1H3;4H,1-3H3/b15-9+;. The Balaban J connectivity index is 0.000000423. The lowest BCUT2D eigenvalue weighted by Gasteiger charge is -2.14. The molecule has 31 heavy (non-hydrogen) atoms. The van der Waals surface area contributed by atoms with E-state index in [2.05, 4.69) is 4.74 Å². The average Bonchev–Trinajstić information content (AvgIpc) is 2.91. The van der Waals surface area contributed by atoms with Gasteiger partial charge in [0, 0.05) is 33.8 Å². The molecule has 3 rings (SSSR count). The molecule has 0 atom stereocenters. The van der Waals surface area contributed by atoms with Gasteiger partial charge in [0.25, 0.3) is 12.4 Å². The third kappa shape index (κ3) is 6.48. The maximum absolute atomic E-state index is 12.6. The van der Waals surface area contributed by atoms with E-state index in [-0.39, 0.29) is 18.1 Å². The number of likely N-dealkylation sites (N-methyl/N-ethyl adjacent to an activating group) is 1. The molecule has 1 heterocycles. The molecule has 0 saturated carbocycles. The molecule has 6 nitrogen and oxygen atoms in total. The van der Waals surface area contributed by atoms with Crippen LogP contribution < -0.4 is 9.64 Å². The molecule has 0 saturated heterocycles. The smallest absolute Gasteiger partial charge is 0.293 e. The van der Waals surface area contributed by atoms with E-state index in [1.54, 1.807) is 48.4 Å². The van der Waals surface area contributed by atoms with Crippen molar-refractivity contribution in [1.29, 1.82) is 5.26 Å². The topological polar surface area (TPSA) is 79.6 Å². The molecule has 0 aromatic heterocycles. The van der Waals surface area contributed by atoms with Crippen molar-refractivity contribution in [2.24, 2.45) is 0 Å². The Morgan fingerprint density at radius 2 is 1.77 bits per heavy atom. The molecule has 0 unspecified atom stereocenters. The minimum absolute atomic E-state index is 0.0855. The number of nitrogens with zero attached hydrogens (tertiary/aromatic N) is 2. The van der Waals surface area contributed by atoms with Crippen molar-refractivity contribution in [2.75, 3.05) is 18.6 Å². The number of halogens is 2. The highest BCUT2D eigenvalue weighted by molar-refractivity contribution is 6.37. The first kappa shape index (κ1) is 24.3. The average molecular weight is 461 g/mol. The fraction of sp³-hybridized carbons (Fsp3) is 0.261. The highest BCUT2D eigenvalue weighted by Crippen LogP contribution is 2.39. The number of hydrogen-bond acceptors (Lipinski definition) is 5. The Bertz CT molecular complexity index is 1050. The first-order valence-electron chi connectivity index (χ1n) is 9.28. The number of rotatable bonds is 4. The summed E-state index contributed by atoms with van der Waals surface area (Å²) in [7, 11) is 1.70. The molecule has 2 aromatic rings. The summed E-state index contributed by atoms with van der Waals surface area (Å²) in [5.41, 5.74) is 2.38. The molecule has 1 amide bonds.